The maximum Gasteiger partial charge on any atom is 0.270 e. The Hall–Kier alpha value is -2.14. The Bertz CT molecular complexity index is 619. The fourth-order valence-corrected chi connectivity index (χ4v) is 2.62. The Morgan fingerprint density at radius 3 is 2.95 bits per heavy atom. The van der Waals surface area contributed by atoms with E-state index in [1.165, 1.54) is 5.56 Å². The van der Waals surface area contributed by atoms with Crippen LogP contribution in [0.4, 0.5) is 0 Å². The van der Waals surface area contributed by atoms with E-state index in [1.54, 1.807) is 24.0 Å². The molecule has 3 N–H and O–H groups in total. The molecule has 98 valence electrons. The number of hydrogen-bond acceptors (Lipinski definition) is 3. The summed E-state index contributed by atoms with van der Waals surface area (Å²) in [5.74, 6) is -0.142. The Kier molecular flexibility index (Phi) is 2.83. The number of aromatic nitrogens is 2. The van der Waals surface area contributed by atoms with Crippen LogP contribution >= 0.6 is 0 Å². The van der Waals surface area contributed by atoms with Crippen molar-refractivity contribution in [1.29, 1.82) is 0 Å². The second kappa shape index (κ2) is 4.51. The first-order valence-electron chi connectivity index (χ1n) is 6.29. The van der Waals surface area contributed by atoms with E-state index in [0.29, 0.717) is 5.69 Å². The summed E-state index contributed by atoms with van der Waals surface area (Å²) in [4.78, 5) is 12.2. The summed E-state index contributed by atoms with van der Waals surface area (Å²) in [7, 11) is 1.75. The maximum atomic E-state index is 12.2. The molecule has 1 aliphatic rings. The zero-order chi connectivity index (χ0) is 13.4. The lowest BCUT2D eigenvalue weighted by Crippen LogP contribution is -2.39. The number of fused-ring (bicyclic) bond motifs is 1. The third kappa shape index (κ3) is 2.02. The van der Waals surface area contributed by atoms with Crippen molar-refractivity contribution in [1.82, 2.24) is 15.1 Å². The van der Waals surface area contributed by atoms with Crippen molar-refractivity contribution in [3.63, 3.8) is 0 Å². The number of nitrogens with zero attached hydrogens (tertiary/aromatic N) is 2. The number of hydrogen-bond donors (Lipinski definition) is 2. The van der Waals surface area contributed by atoms with E-state index in [1.807, 2.05) is 18.2 Å². The average molecular weight is 256 g/mol. The van der Waals surface area contributed by atoms with Crippen molar-refractivity contribution < 1.29 is 4.79 Å². The van der Waals surface area contributed by atoms with Crippen LogP contribution in [-0.2, 0) is 13.5 Å². The van der Waals surface area contributed by atoms with Crippen molar-refractivity contribution in [2.45, 2.75) is 18.5 Å². The highest BCUT2D eigenvalue weighted by Crippen LogP contribution is 2.30. The van der Waals surface area contributed by atoms with Crippen molar-refractivity contribution in [3.05, 3.63) is 53.3 Å². The third-order valence-corrected chi connectivity index (χ3v) is 3.61. The van der Waals surface area contributed by atoms with Gasteiger partial charge in [-0.3, -0.25) is 9.48 Å². The van der Waals surface area contributed by atoms with Crippen LogP contribution in [0, 0.1) is 0 Å². The van der Waals surface area contributed by atoms with Crippen molar-refractivity contribution >= 4 is 5.91 Å². The van der Waals surface area contributed by atoms with Crippen LogP contribution in [0.1, 0.15) is 27.7 Å². The van der Waals surface area contributed by atoms with Gasteiger partial charge in [-0.2, -0.15) is 5.10 Å². The van der Waals surface area contributed by atoms with E-state index in [4.69, 9.17) is 5.73 Å². The van der Waals surface area contributed by atoms with Crippen LogP contribution in [-0.4, -0.2) is 21.7 Å². The maximum absolute atomic E-state index is 12.2. The Morgan fingerprint density at radius 1 is 1.42 bits per heavy atom. The van der Waals surface area contributed by atoms with Crippen LogP contribution in [0.15, 0.2) is 36.5 Å². The lowest BCUT2D eigenvalue weighted by molar-refractivity contribution is 0.0923. The summed E-state index contributed by atoms with van der Waals surface area (Å²) in [5, 5.41) is 7.00. The van der Waals surface area contributed by atoms with E-state index in [2.05, 4.69) is 16.5 Å². The molecular formula is C14H16N4O. The van der Waals surface area contributed by atoms with Crippen molar-refractivity contribution in [2.24, 2.45) is 12.8 Å². The molecule has 1 aromatic heterocycles. The SMILES string of the molecule is Cn1nccc1C(=O)NC1c2ccccc2CC1N. The number of nitrogens with one attached hydrogen (secondary N) is 1. The largest absolute Gasteiger partial charge is 0.342 e. The number of nitrogens with two attached hydrogens (primary N) is 1. The van der Waals surface area contributed by atoms with Gasteiger partial charge in [0.15, 0.2) is 0 Å². The molecule has 5 nitrogen and oxygen atoms in total. The molecule has 2 aromatic rings. The molecule has 1 amide bonds. The number of carbonyl (C=O) groups is 1. The fraction of sp³-hybridized carbons (Fsp3) is 0.286. The second-order valence-electron chi connectivity index (χ2n) is 4.86. The van der Waals surface area contributed by atoms with Crippen LogP contribution in [0.2, 0.25) is 0 Å². The van der Waals surface area contributed by atoms with E-state index < -0.39 is 0 Å². The van der Waals surface area contributed by atoms with E-state index >= 15 is 0 Å². The Balaban J connectivity index is 1.84. The molecule has 1 aromatic carbocycles. The highest BCUT2D eigenvalue weighted by Gasteiger charge is 2.31. The first kappa shape index (κ1) is 11.9. The molecule has 2 atom stereocenters. The molecule has 1 heterocycles. The van der Waals surface area contributed by atoms with Gasteiger partial charge in [-0.1, -0.05) is 24.3 Å². The smallest absolute Gasteiger partial charge is 0.270 e. The number of aryl methyl sites for hydroxylation is 1. The van der Waals surface area contributed by atoms with Gasteiger partial charge >= 0.3 is 0 Å². The fourth-order valence-electron chi connectivity index (χ4n) is 2.62. The van der Waals surface area contributed by atoms with Crippen LogP contribution < -0.4 is 11.1 Å². The van der Waals surface area contributed by atoms with Gasteiger partial charge < -0.3 is 11.1 Å². The van der Waals surface area contributed by atoms with Crippen molar-refractivity contribution in [2.75, 3.05) is 0 Å². The van der Waals surface area contributed by atoms with Gasteiger partial charge in [0.1, 0.15) is 5.69 Å². The molecule has 19 heavy (non-hydrogen) atoms. The highest BCUT2D eigenvalue weighted by atomic mass is 16.2. The van der Waals surface area contributed by atoms with Crippen LogP contribution in [0.3, 0.4) is 0 Å². The first-order valence-corrected chi connectivity index (χ1v) is 6.29. The third-order valence-electron chi connectivity index (χ3n) is 3.61. The molecule has 0 saturated heterocycles. The quantitative estimate of drug-likeness (QED) is 0.833. The summed E-state index contributed by atoms with van der Waals surface area (Å²) >= 11 is 0. The minimum absolute atomic E-state index is 0.0745. The average Bonchev–Trinajstić information content (AvgIpc) is 2.94. The zero-order valence-corrected chi connectivity index (χ0v) is 10.7. The summed E-state index contributed by atoms with van der Waals surface area (Å²) < 4.78 is 1.56. The van der Waals surface area contributed by atoms with Gasteiger partial charge in [-0.05, 0) is 23.6 Å². The van der Waals surface area contributed by atoms with Gasteiger partial charge in [-0.25, -0.2) is 0 Å². The monoisotopic (exact) mass is 256 g/mol. The summed E-state index contributed by atoms with van der Waals surface area (Å²) in [6, 6.07) is 9.55. The van der Waals surface area contributed by atoms with E-state index in [9.17, 15) is 4.79 Å². The second-order valence-corrected chi connectivity index (χ2v) is 4.86. The number of rotatable bonds is 2. The van der Waals surface area contributed by atoms with E-state index in [-0.39, 0.29) is 18.0 Å². The molecule has 5 heteroatoms. The number of amides is 1. The van der Waals surface area contributed by atoms with Gasteiger partial charge in [0.2, 0.25) is 0 Å². The first-order chi connectivity index (χ1) is 9.16. The lowest BCUT2D eigenvalue weighted by Gasteiger charge is -2.18. The molecule has 1 aliphatic carbocycles. The molecule has 3 rings (SSSR count). The molecule has 2 unspecified atom stereocenters. The standard InChI is InChI=1S/C14H16N4O/c1-18-12(6-7-16-18)14(19)17-13-10-5-3-2-4-9(10)8-11(13)15/h2-7,11,13H,8,15H2,1H3,(H,17,19). The minimum atomic E-state index is -0.142. The van der Waals surface area contributed by atoms with Gasteiger partial charge in [0, 0.05) is 19.3 Å². The lowest BCUT2D eigenvalue weighted by atomic mass is 10.1. The zero-order valence-electron chi connectivity index (χ0n) is 10.7. The predicted molar refractivity (Wildman–Crippen MR) is 71.5 cm³/mol. The van der Waals surface area contributed by atoms with Gasteiger partial charge in [-0.15, -0.1) is 0 Å². The van der Waals surface area contributed by atoms with E-state index in [0.717, 1.165) is 12.0 Å². The number of carbonyl (C=O) groups excluding carboxylic acids is 1. The van der Waals surface area contributed by atoms with Crippen molar-refractivity contribution in [3.8, 4) is 0 Å². The normalized spacial score (nSPS) is 21.2. The number of benzene rings is 1. The predicted octanol–water partition coefficient (Wildman–Crippen LogP) is 0.775. The molecular weight excluding hydrogens is 240 g/mol. The summed E-state index contributed by atoms with van der Waals surface area (Å²) in [6.07, 6.45) is 2.41. The molecule has 0 fully saturated rings. The summed E-state index contributed by atoms with van der Waals surface area (Å²) in [6.45, 7) is 0. The molecule has 0 spiro atoms. The highest BCUT2D eigenvalue weighted by molar-refractivity contribution is 5.92. The topological polar surface area (TPSA) is 72.9 Å². The van der Waals surface area contributed by atoms with Crippen LogP contribution in [0.5, 0.6) is 0 Å². The molecule has 0 radical (unpaired) electrons. The van der Waals surface area contributed by atoms with Gasteiger partial charge in [0.25, 0.3) is 5.91 Å². The van der Waals surface area contributed by atoms with Crippen LogP contribution in [0.25, 0.3) is 0 Å². The molecule has 0 aliphatic heterocycles. The Morgan fingerprint density at radius 2 is 2.21 bits per heavy atom. The minimum Gasteiger partial charge on any atom is -0.342 e. The van der Waals surface area contributed by atoms with Gasteiger partial charge in [0.05, 0.1) is 6.04 Å². The Labute approximate surface area is 111 Å². The molecule has 0 saturated carbocycles. The molecule has 0 bridgehead atoms. The summed E-state index contributed by atoms with van der Waals surface area (Å²) in [5.41, 5.74) is 9.00.